The molecule has 0 atom stereocenters. The summed E-state index contributed by atoms with van der Waals surface area (Å²) in [6, 6.07) is 5.37. The number of ether oxygens (including phenoxy) is 1. The molecule has 0 aliphatic carbocycles. The van der Waals surface area contributed by atoms with Gasteiger partial charge in [-0.15, -0.1) is 4.98 Å². The largest absolute Gasteiger partial charge is 0.481 e. The SMILES string of the molecule is CC[N+](CC)(C(=O)NS(=O)(=O)c1ccccc1S(N)(=O)=O)c1nc(C)cc(OC)n1. The summed E-state index contributed by atoms with van der Waals surface area (Å²) in [6.45, 7) is 5.28. The van der Waals surface area contributed by atoms with E-state index in [0.717, 1.165) is 12.1 Å². The quantitative estimate of drug-likeness (QED) is 0.579. The number of sulfonamides is 2. The van der Waals surface area contributed by atoms with Gasteiger partial charge in [-0.1, -0.05) is 12.1 Å². The van der Waals surface area contributed by atoms with Crippen molar-refractivity contribution < 1.29 is 26.4 Å². The molecule has 0 saturated heterocycles. The van der Waals surface area contributed by atoms with Gasteiger partial charge in [0.25, 0.3) is 10.0 Å². The Morgan fingerprint density at radius 1 is 1.10 bits per heavy atom. The number of benzene rings is 1. The number of nitrogens with zero attached hydrogens (tertiary/aromatic N) is 3. The van der Waals surface area contributed by atoms with Crippen molar-refractivity contribution in [1.82, 2.24) is 19.2 Å². The first-order valence-electron chi connectivity index (χ1n) is 8.87. The highest BCUT2D eigenvalue weighted by Crippen LogP contribution is 2.24. The summed E-state index contributed by atoms with van der Waals surface area (Å²) in [5.41, 5.74) is 0.525. The van der Waals surface area contributed by atoms with Gasteiger partial charge in [0.2, 0.25) is 15.9 Å². The summed E-state index contributed by atoms with van der Waals surface area (Å²) in [4.78, 5) is 20.4. The van der Waals surface area contributed by atoms with E-state index in [9.17, 15) is 21.6 Å². The van der Waals surface area contributed by atoms with E-state index in [2.05, 4.69) is 9.97 Å². The lowest BCUT2D eigenvalue weighted by atomic mass is 10.4. The van der Waals surface area contributed by atoms with E-state index >= 15 is 0 Å². The molecule has 30 heavy (non-hydrogen) atoms. The number of rotatable bonds is 7. The number of quaternary nitrogens is 1. The fourth-order valence-corrected chi connectivity index (χ4v) is 5.27. The molecule has 1 aromatic carbocycles. The van der Waals surface area contributed by atoms with Gasteiger partial charge in [0.1, 0.15) is 9.79 Å². The molecular weight excluding hydrogens is 434 g/mol. The number of aromatic nitrogens is 2. The van der Waals surface area contributed by atoms with E-state index in [1.54, 1.807) is 26.8 Å². The zero-order chi connectivity index (χ0) is 22.7. The predicted molar refractivity (Wildman–Crippen MR) is 110 cm³/mol. The van der Waals surface area contributed by atoms with Crippen LogP contribution in [0.1, 0.15) is 19.5 Å². The lowest BCUT2D eigenvalue weighted by Crippen LogP contribution is -2.60. The molecule has 1 heterocycles. The van der Waals surface area contributed by atoms with Gasteiger partial charge in [0.05, 0.1) is 25.9 Å². The first kappa shape index (κ1) is 23.7. The summed E-state index contributed by atoms with van der Waals surface area (Å²) >= 11 is 0. The highest BCUT2D eigenvalue weighted by Gasteiger charge is 2.43. The Morgan fingerprint density at radius 3 is 2.17 bits per heavy atom. The van der Waals surface area contributed by atoms with Gasteiger partial charge in [0, 0.05) is 6.07 Å². The molecule has 0 aliphatic heterocycles. The molecule has 0 aliphatic rings. The van der Waals surface area contributed by atoms with E-state index in [4.69, 9.17) is 9.88 Å². The van der Waals surface area contributed by atoms with Gasteiger partial charge in [0.15, 0.2) is 0 Å². The summed E-state index contributed by atoms with van der Waals surface area (Å²) in [6.07, 6.45) is 0. The third-order valence-electron chi connectivity index (χ3n) is 4.55. The van der Waals surface area contributed by atoms with Crippen LogP contribution in [0.4, 0.5) is 10.7 Å². The van der Waals surface area contributed by atoms with Crippen molar-refractivity contribution in [3.8, 4) is 5.88 Å². The molecule has 0 spiro atoms. The Bertz CT molecular complexity index is 1160. The minimum absolute atomic E-state index is 0.0456. The molecule has 2 amide bonds. The number of aryl methyl sites for hydroxylation is 1. The molecule has 0 unspecified atom stereocenters. The van der Waals surface area contributed by atoms with Gasteiger partial charge in [-0.05, 0) is 32.9 Å². The average Bonchev–Trinajstić information content (AvgIpc) is 2.68. The number of nitrogens with one attached hydrogen (secondary N) is 1. The minimum atomic E-state index is -4.57. The maximum atomic E-state index is 13.2. The van der Waals surface area contributed by atoms with Gasteiger partial charge in [-0.3, -0.25) is 0 Å². The number of amides is 2. The van der Waals surface area contributed by atoms with Crippen LogP contribution < -0.4 is 19.1 Å². The van der Waals surface area contributed by atoms with Crippen molar-refractivity contribution in [3.63, 3.8) is 0 Å². The van der Waals surface area contributed by atoms with Gasteiger partial charge in [-0.2, -0.15) is 14.2 Å². The second-order valence-corrected chi connectivity index (χ2v) is 9.54. The number of hydrogen-bond donors (Lipinski definition) is 2. The lowest BCUT2D eigenvalue weighted by Gasteiger charge is -2.30. The van der Waals surface area contributed by atoms with Crippen LogP contribution in [0.25, 0.3) is 0 Å². The summed E-state index contributed by atoms with van der Waals surface area (Å²) < 4.78 is 55.9. The maximum Gasteiger partial charge on any atom is 0.438 e. The van der Waals surface area contributed by atoms with Crippen molar-refractivity contribution in [1.29, 1.82) is 0 Å². The number of carbonyl (C=O) groups excluding carboxylic acids is 1. The summed E-state index contributed by atoms with van der Waals surface area (Å²) in [7, 11) is -7.50. The van der Waals surface area contributed by atoms with Crippen LogP contribution in [-0.4, -0.2) is 53.0 Å². The zero-order valence-electron chi connectivity index (χ0n) is 17.0. The van der Waals surface area contributed by atoms with Crippen LogP contribution in [0.5, 0.6) is 5.88 Å². The molecule has 2 aromatic rings. The van der Waals surface area contributed by atoms with Gasteiger partial charge < -0.3 is 4.74 Å². The molecule has 11 nitrogen and oxygen atoms in total. The maximum absolute atomic E-state index is 13.2. The number of methoxy groups -OCH3 is 1. The van der Waals surface area contributed by atoms with E-state index in [-0.39, 0.29) is 24.9 Å². The number of carbonyl (C=O) groups is 1. The van der Waals surface area contributed by atoms with E-state index in [0.29, 0.717) is 5.69 Å². The molecule has 0 fully saturated rings. The first-order chi connectivity index (χ1) is 13.9. The van der Waals surface area contributed by atoms with E-state index < -0.39 is 40.4 Å². The minimum Gasteiger partial charge on any atom is -0.481 e. The Hall–Kier alpha value is -2.61. The number of hydrogen-bond acceptors (Lipinski definition) is 8. The molecule has 2 rings (SSSR count). The average molecular weight is 459 g/mol. The Balaban J connectivity index is 2.57. The van der Waals surface area contributed by atoms with E-state index in [1.165, 1.54) is 19.2 Å². The van der Waals surface area contributed by atoms with Crippen LogP contribution >= 0.6 is 0 Å². The highest BCUT2D eigenvalue weighted by atomic mass is 32.2. The first-order valence-corrected chi connectivity index (χ1v) is 11.9. The fraction of sp³-hybridized carbons (Fsp3) is 0.353. The topological polar surface area (TPSA) is 158 Å². The second kappa shape index (κ2) is 8.63. The van der Waals surface area contributed by atoms with Crippen molar-refractivity contribution in [2.45, 2.75) is 30.6 Å². The molecule has 3 N–H and O–H groups in total. The standard InChI is InChI=1S/C17H23N5O6S2/c1-5-22(6-2,16-19-12(3)11-15(20-16)28-4)17(23)21-30(26,27)14-10-8-7-9-13(14)29(18,24)25/h7-11H,5-6H2,1-4H3,(H2-,18,21,23,24,25)/p+1. The normalized spacial score (nSPS) is 12.4. The molecule has 13 heteroatoms. The molecule has 164 valence electrons. The third-order valence-corrected chi connectivity index (χ3v) is 7.02. The molecule has 1 aromatic heterocycles. The smallest absolute Gasteiger partial charge is 0.438 e. The van der Waals surface area contributed by atoms with Crippen LogP contribution in [0.3, 0.4) is 0 Å². The lowest BCUT2D eigenvalue weighted by molar-refractivity contribution is 0.205. The monoisotopic (exact) mass is 458 g/mol. The van der Waals surface area contributed by atoms with Crippen molar-refractivity contribution in [2.24, 2.45) is 5.14 Å². The molecule has 0 radical (unpaired) electrons. The van der Waals surface area contributed by atoms with E-state index in [1.807, 2.05) is 4.72 Å². The number of nitrogens with two attached hydrogens (primary N) is 1. The molecule has 0 bridgehead atoms. The van der Waals surface area contributed by atoms with Crippen LogP contribution in [0.2, 0.25) is 0 Å². The van der Waals surface area contributed by atoms with Crippen molar-refractivity contribution in [2.75, 3.05) is 20.2 Å². The summed E-state index contributed by atoms with van der Waals surface area (Å²) in [5, 5.41) is 5.12. The predicted octanol–water partition coefficient (Wildman–Crippen LogP) is 0.887. The number of primary sulfonamides is 1. The fourth-order valence-electron chi connectivity index (χ4n) is 2.87. The Labute approximate surface area is 175 Å². The van der Waals surface area contributed by atoms with Crippen LogP contribution in [0, 0.1) is 6.92 Å². The number of urea groups is 1. The molecule has 0 saturated carbocycles. The zero-order valence-corrected chi connectivity index (χ0v) is 18.6. The van der Waals surface area contributed by atoms with Crippen molar-refractivity contribution >= 4 is 32.0 Å². The Kier molecular flexibility index (Phi) is 6.81. The third kappa shape index (κ3) is 4.59. The van der Waals surface area contributed by atoms with Crippen LogP contribution in [-0.2, 0) is 20.0 Å². The Morgan fingerprint density at radius 2 is 1.67 bits per heavy atom. The summed E-state index contributed by atoms with van der Waals surface area (Å²) in [5.74, 6) is 0.265. The van der Waals surface area contributed by atoms with Crippen molar-refractivity contribution in [3.05, 3.63) is 36.0 Å². The molecular formula is C17H24N5O6S2+. The second-order valence-electron chi connectivity index (χ2n) is 6.35. The van der Waals surface area contributed by atoms with Gasteiger partial charge in [-0.25, -0.2) is 26.8 Å². The van der Waals surface area contributed by atoms with Gasteiger partial charge >= 0.3 is 12.0 Å². The highest BCUT2D eigenvalue weighted by molar-refractivity contribution is 7.92. The van der Waals surface area contributed by atoms with Crippen LogP contribution in [0.15, 0.2) is 40.1 Å².